The van der Waals surface area contributed by atoms with Crippen molar-refractivity contribution in [1.82, 2.24) is 0 Å². The van der Waals surface area contributed by atoms with Crippen LogP contribution in [-0.4, -0.2) is 17.7 Å². The summed E-state index contributed by atoms with van der Waals surface area (Å²) in [6.07, 6.45) is 0.430. The molecule has 0 radical (unpaired) electrons. The van der Waals surface area contributed by atoms with Crippen LogP contribution in [0.1, 0.15) is 52.5 Å². The number of ether oxygens (including phenoxy) is 1. The second kappa shape index (κ2) is 9.13. The lowest BCUT2D eigenvalue weighted by molar-refractivity contribution is -0.137. The number of carbonyl (C=O) groups is 1. The molecule has 3 rings (SSSR count). The zero-order valence-electron chi connectivity index (χ0n) is 15.8. The van der Waals surface area contributed by atoms with Crippen LogP contribution < -0.4 is 10.6 Å². The van der Waals surface area contributed by atoms with Crippen molar-refractivity contribution in [1.29, 1.82) is 0 Å². The number of thiocarbonyl (C=S) groups is 1. The molecule has 0 saturated heterocycles. The molecule has 0 saturated carbocycles. The zero-order chi connectivity index (χ0) is 21.0. The molecule has 9 heteroatoms. The monoisotopic (exact) mass is 442 g/mol. The summed E-state index contributed by atoms with van der Waals surface area (Å²) in [7, 11) is 0. The number of nitrogens with one attached hydrogen (secondary N) is 2. The number of fused-ring (bicyclic) bond motifs is 1. The molecule has 29 heavy (non-hydrogen) atoms. The molecule has 156 valence electrons. The fourth-order valence-electron chi connectivity index (χ4n) is 3.29. The van der Waals surface area contributed by atoms with Gasteiger partial charge in [0.25, 0.3) is 0 Å². The van der Waals surface area contributed by atoms with Gasteiger partial charge in [-0.1, -0.05) is 12.5 Å². The first-order valence-electron chi connectivity index (χ1n) is 9.36. The van der Waals surface area contributed by atoms with E-state index in [0.29, 0.717) is 10.6 Å². The lowest BCUT2D eigenvalue weighted by Crippen LogP contribution is -2.21. The number of thiophene rings is 1. The predicted octanol–water partition coefficient (Wildman–Crippen LogP) is 6.02. The van der Waals surface area contributed by atoms with Crippen LogP contribution in [0.4, 0.5) is 23.9 Å². The van der Waals surface area contributed by atoms with E-state index in [-0.39, 0.29) is 17.4 Å². The highest BCUT2D eigenvalue weighted by Crippen LogP contribution is 2.38. The van der Waals surface area contributed by atoms with Gasteiger partial charge in [0.15, 0.2) is 5.11 Å². The van der Waals surface area contributed by atoms with E-state index in [9.17, 15) is 18.0 Å². The van der Waals surface area contributed by atoms with E-state index in [2.05, 4.69) is 10.6 Å². The van der Waals surface area contributed by atoms with Crippen molar-refractivity contribution in [3.05, 3.63) is 45.8 Å². The summed E-state index contributed by atoms with van der Waals surface area (Å²) in [6.45, 7) is 2.01. The lowest BCUT2D eigenvalue weighted by Gasteiger charge is -2.13. The highest BCUT2D eigenvalue weighted by molar-refractivity contribution is 7.80. The Labute approximate surface area is 176 Å². The maximum atomic E-state index is 12.9. The Kier molecular flexibility index (Phi) is 6.79. The number of hydrogen-bond donors (Lipinski definition) is 2. The molecule has 0 spiro atoms. The molecule has 1 heterocycles. The van der Waals surface area contributed by atoms with Gasteiger partial charge in [0.05, 0.1) is 17.7 Å². The first-order chi connectivity index (χ1) is 13.8. The zero-order valence-corrected chi connectivity index (χ0v) is 17.5. The van der Waals surface area contributed by atoms with Gasteiger partial charge in [-0.25, -0.2) is 4.79 Å². The first kappa shape index (κ1) is 21.6. The average molecular weight is 443 g/mol. The van der Waals surface area contributed by atoms with E-state index in [0.717, 1.165) is 54.7 Å². The van der Waals surface area contributed by atoms with Gasteiger partial charge in [0, 0.05) is 10.6 Å². The van der Waals surface area contributed by atoms with Crippen LogP contribution in [0, 0.1) is 0 Å². The predicted molar refractivity (Wildman–Crippen MR) is 113 cm³/mol. The van der Waals surface area contributed by atoms with Crippen molar-refractivity contribution in [3.8, 4) is 0 Å². The van der Waals surface area contributed by atoms with Gasteiger partial charge in [0.1, 0.15) is 5.00 Å². The molecule has 1 aromatic heterocycles. The molecule has 1 aliphatic carbocycles. The minimum absolute atomic E-state index is 0.117. The molecule has 1 aromatic carbocycles. The summed E-state index contributed by atoms with van der Waals surface area (Å²) < 4.78 is 43.9. The molecule has 0 amide bonds. The van der Waals surface area contributed by atoms with Crippen molar-refractivity contribution in [2.45, 2.75) is 45.2 Å². The largest absolute Gasteiger partial charge is 0.462 e. The number of halogens is 3. The Morgan fingerprint density at radius 2 is 1.97 bits per heavy atom. The Morgan fingerprint density at radius 3 is 2.69 bits per heavy atom. The number of aryl methyl sites for hydroxylation is 1. The van der Waals surface area contributed by atoms with E-state index in [4.69, 9.17) is 17.0 Å². The molecule has 4 nitrogen and oxygen atoms in total. The van der Waals surface area contributed by atoms with Gasteiger partial charge >= 0.3 is 12.1 Å². The Balaban J connectivity index is 1.82. The second-order valence-electron chi connectivity index (χ2n) is 6.65. The number of carbonyl (C=O) groups excluding carboxylic acids is 1. The number of esters is 1. The minimum Gasteiger partial charge on any atom is -0.462 e. The third kappa shape index (κ3) is 5.27. The molecule has 0 fully saturated rings. The van der Waals surface area contributed by atoms with Crippen molar-refractivity contribution in [2.75, 3.05) is 17.2 Å². The number of benzene rings is 1. The molecule has 0 unspecified atom stereocenters. The lowest BCUT2D eigenvalue weighted by atomic mass is 10.1. The summed E-state index contributed by atoms with van der Waals surface area (Å²) in [5.74, 6) is -0.406. The Bertz CT molecular complexity index is 910. The molecule has 0 bridgehead atoms. The first-order valence-corrected chi connectivity index (χ1v) is 10.6. The third-order valence-electron chi connectivity index (χ3n) is 4.58. The topological polar surface area (TPSA) is 50.4 Å². The van der Waals surface area contributed by atoms with Crippen molar-refractivity contribution in [3.63, 3.8) is 0 Å². The van der Waals surface area contributed by atoms with Crippen LogP contribution in [0.3, 0.4) is 0 Å². The van der Waals surface area contributed by atoms with E-state index < -0.39 is 17.7 Å². The Morgan fingerprint density at radius 1 is 1.21 bits per heavy atom. The minimum atomic E-state index is -4.44. The molecule has 2 N–H and O–H groups in total. The standard InChI is InChI=1S/C20H21F3N2O2S2/c1-2-27-18(26)16-14-9-4-3-5-10-15(14)29-17(16)25-19(28)24-13-8-6-7-12(11-13)20(21,22)23/h6-8,11H,2-5,9-10H2,1H3,(H2,24,25,28). The van der Waals surface area contributed by atoms with Crippen molar-refractivity contribution < 1.29 is 22.7 Å². The van der Waals surface area contributed by atoms with Crippen LogP contribution >= 0.6 is 23.6 Å². The molecular formula is C20H21F3N2O2S2. The van der Waals surface area contributed by atoms with Crippen molar-refractivity contribution >= 4 is 45.3 Å². The van der Waals surface area contributed by atoms with Gasteiger partial charge < -0.3 is 15.4 Å². The van der Waals surface area contributed by atoms with Crippen molar-refractivity contribution in [2.24, 2.45) is 0 Å². The molecule has 2 aromatic rings. The van der Waals surface area contributed by atoms with Gasteiger partial charge in [0.2, 0.25) is 0 Å². The van der Waals surface area contributed by atoms with Gasteiger partial charge in [-0.15, -0.1) is 11.3 Å². The number of rotatable bonds is 4. The fourth-order valence-corrected chi connectivity index (χ4v) is 4.85. The Hall–Kier alpha value is -2.13. The van der Waals surface area contributed by atoms with E-state index >= 15 is 0 Å². The van der Waals surface area contributed by atoms with Gasteiger partial charge in [-0.05, 0) is 68.6 Å². The van der Waals surface area contributed by atoms with E-state index in [1.54, 1.807) is 6.92 Å². The summed E-state index contributed by atoms with van der Waals surface area (Å²) in [5.41, 5.74) is 0.936. The highest BCUT2D eigenvalue weighted by Gasteiger charge is 2.30. The smallest absolute Gasteiger partial charge is 0.416 e. The van der Waals surface area contributed by atoms with Crippen LogP contribution in [0.5, 0.6) is 0 Å². The molecule has 0 atom stereocenters. The summed E-state index contributed by atoms with van der Waals surface area (Å²) in [4.78, 5) is 13.7. The summed E-state index contributed by atoms with van der Waals surface area (Å²) in [6, 6.07) is 4.80. The second-order valence-corrected chi connectivity index (χ2v) is 8.16. The maximum Gasteiger partial charge on any atom is 0.416 e. The van der Waals surface area contributed by atoms with E-state index in [1.165, 1.54) is 23.5 Å². The van der Waals surface area contributed by atoms with Crippen LogP contribution in [0.25, 0.3) is 0 Å². The fraction of sp³-hybridized carbons (Fsp3) is 0.400. The number of alkyl halides is 3. The van der Waals surface area contributed by atoms with Crippen LogP contribution in [0.15, 0.2) is 24.3 Å². The number of hydrogen-bond acceptors (Lipinski definition) is 4. The normalized spacial score (nSPS) is 13.9. The van der Waals surface area contributed by atoms with Gasteiger partial charge in [-0.2, -0.15) is 13.2 Å². The summed E-state index contributed by atoms with van der Waals surface area (Å²) in [5, 5.41) is 6.45. The third-order valence-corrected chi connectivity index (χ3v) is 5.99. The summed E-state index contributed by atoms with van der Waals surface area (Å²) >= 11 is 6.74. The quantitative estimate of drug-likeness (QED) is 0.344. The average Bonchev–Trinajstić information content (AvgIpc) is 2.82. The molecule has 0 aliphatic heterocycles. The van der Waals surface area contributed by atoms with Crippen LogP contribution in [0.2, 0.25) is 0 Å². The SMILES string of the molecule is CCOC(=O)c1c(NC(=S)Nc2cccc(C(F)(F)F)c2)sc2c1CCCCC2. The maximum absolute atomic E-state index is 12.9. The number of anilines is 2. The molecule has 1 aliphatic rings. The van der Waals surface area contributed by atoms with Crippen LogP contribution in [-0.2, 0) is 23.8 Å². The molecular weight excluding hydrogens is 421 g/mol. The van der Waals surface area contributed by atoms with E-state index in [1.807, 2.05) is 0 Å². The highest BCUT2D eigenvalue weighted by atomic mass is 32.1. The van der Waals surface area contributed by atoms with Gasteiger partial charge in [-0.3, -0.25) is 0 Å².